The maximum atomic E-state index is 5.66. The van der Waals surface area contributed by atoms with E-state index in [1.807, 2.05) is 0 Å². The fraction of sp³-hybridized carbons (Fsp3) is 0.889. The lowest BCUT2D eigenvalue weighted by atomic mass is 9.94. The van der Waals surface area contributed by atoms with Gasteiger partial charge in [-0.3, -0.25) is 0 Å². The van der Waals surface area contributed by atoms with Crippen molar-refractivity contribution in [2.45, 2.75) is 51.2 Å². The standard InChI is InChI=1S/C9H15NO/c1-2-9-10-7-5-3-4-6-8(7)11-9/h7-8H,2-6H2,1H3/t7-,8+/m1/s1. The van der Waals surface area contributed by atoms with Crippen molar-refractivity contribution in [3.63, 3.8) is 0 Å². The molecule has 1 aliphatic heterocycles. The second-order valence-electron chi connectivity index (χ2n) is 3.38. The summed E-state index contributed by atoms with van der Waals surface area (Å²) < 4.78 is 5.66. The Bertz CT molecular complexity index is 176. The Morgan fingerprint density at radius 1 is 1.45 bits per heavy atom. The van der Waals surface area contributed by atoms with Crippen molar-refractivity contribution in [2.24, 2.45) is 4.99 Å². The molecule has 0 radical (unpaired) electrons. The van der Waals surface area contributed by atoms with Gasteiger partial charge in [0, 0.05) is 6.42 Å². The quantitative estimate of drug-likeness (QED) is 0.565. The van der Waals surface area contributed by atoms with Crippen molar-refractivity contribution in [1.82, 2.24) is 0 Å². The topological polar surface area (TPSA) is 21.6 Å². The monoisotopic (exact) mass is 153 g/mol. The normalized spacial score (nSPS) is 35.9. The fourth-order valence-corrected chi connectivity index (χ4v) is 1.93. The summed E-state index contributed by atoms with van der Waals surface area (Å²) in [5, 5.41) is 0. The third-order valence-electron chi connectivity index (χ3n) is 2.57. The fourth-order valence-electron chi connectivity index (χ4n) is 1.93. The van der Waals surface area contributed by atoms with Crippen molar-refractivity contribution in [3.05, 3.63) is 0 Å². The highest BCUT2D eigenvalue weighted by Crippen LogP contribution is 2.28. The van der Waals surface area contributed by atoms with Crippen LogP contribution in [0.1, 0.15) is 39.0 Å². The molecule has 1 saturated carbocycles. The zero-order chi connectivity index (χ0) is 7.68. The van der Waals surface area contributed by atoms with Gasteiger partial charge in [-0.2, -0.15) is 0 Å². The molecule has 2 atom stereocenters. The van der Waals surface area contributed by atoms with E-state index in [2.05, 4.69) is 11.9 Å². The summed E-state index contributed by atoms with van der Waals surface area (Å²) >= 11 is 0. The van der Waals surface area contributed by atoms with Gasteiger partial charge >= 0.3 is 0 Å². The van der Waals surface area contributed by atoms with Gasteiger partial charge in [-0.15, -0.1) is 0 Å². The van der Waals surface area contributed by atoms with Gasteiger partial charge in [0.25, 0.3) is 0 Å². The molecule has 0 saturated heterocycles. The first-order chi connectivity index (χ1) is 5.40. The first kappa shape index (κ1) is 7.14. The Hall–Kier alpha value is -0.530. The van der Waals surface area contributed by atoms with Crippen LogP contribution in [0, 0.1) is 0 Å². The average Bonchev–Trinajstić information content (AvgIpc) is 2.46. The van der Waals surface area contributed by atoms with Crippen LogP contribution < -0.4 is 0 Å². The number of hydrogen-bond donors (Lipinski definition) is 0. The van der Waals surface area contributed by atoms with E-state index in [1.165, 1.54) is 25.7 Å². The van der Waals surface area contributed by atoms with Gasteiger partial charge in [-0.25, -0.2) is 4.99 Å². The maximum Gasteiger partial charge on any atom is 0.183 e. The minimum Gasteiger partial charge on any atom is -0.475 e. The van der Waals surface area contributed by atoms with Crippen LogP contribution in [-0.4, -0.2) is 18.0 Å². The average molecular weight is 153 g/mol. The Morgan fingerprint density at radius 3 is 3.00 bits per heavy atom. The Kier molecular flexibility index (Phi) is 1.84. The molecule has 1 fully saturated rings. The van der Waals surface area contributed by atoms with Gasteiger partial charge in [0.2, 0.25) is 0 Å². The first-order valence-electron chi connectivity index (χ1n) is 4.63. The molecule has 2 nitrogen and oxygen atoms in total. The number of aliphatic imine (C=N–C) groups is 1. The predicted octanol–water partition coefficient (Wildman–Crippen LogP) is 2.14. The molecule has 0 aromatic heterocycles. The molecule has 0 aromatic carbocycles. The van der Waals surface area contributed by atoms with Crippen LogP contribution >= 0.6 is 0 Å². The third-order valence-corrected chi connectivity index (χ3v) is 2.57. The van der Waals surface area contributed by atoms with Crippen LogP contribution in [-0.2, 0) is 4.74 Å². The molecule has 0 unspecified atom stereocenters. The molecule has 1 aliphatic carbocycles. The highest BCUT2D eigenvalue weighted by Gasteiger charge is 2.31. The van der Waals surface area contributed by atoms with Crippen molar-refractivity contribution < 1.29 is 4.74 Å². The highest BCUT2D eigenvalue weighted by atomic mass is 16.5. The van der Waals surface area contributed by atoms with Crippen LogP contribution in [0.2, 0.25) is 0 Å². The van der Waals surface area contributed by atoms with E-state index < -0.39 is 0 Å². The number of rotatable bonds is 1. The second-order valence-corrected chi connectivity index (χ2v) is 3.38. The molecule has 11 heavy (non-hydrogen) atoms. The summed E-state index contributed by atoms with van der Waals surface area (Å²) in [4.78, 5) is 4.52. The van der Waals surface area contributed by atoms with Gasteiger partial charge < -0.3 is 4.74 Å². The zero-order valence-corrected chi connectivity index (χ0v) is 7.05. The Labute approximate surface area is 67.7 Å². The predicted molar refractivity (Wildman–Crippen MR) is 44.9 cm³/mol. The third kappa shape index (κ3) is 1.26. The number of fused-ring (bicyclic) bond motifs is 1. The van der Waals surface area contributed by atoms with E-state index in [4.69, 9.17) is 4.74 Å². The molecule has 0 spiro atoms. The molecular weight excluding hydrogens is 138 g/mol. The van der Waals surface area contributed by atoms with E-state index in [9.17, 15) is 0 Å². The van der Waals surface area contributed by atoms with Gasteiger partial charge in [0.15, 0.2) is 5.90 Å². The van der Waals surface area contributed by atoms with Crippen LogP contribution in [0.4, 0.5) is 0 Å². The first-order valence-corrected chi connectivity index (χ1v) is 4.63. The number of ether oxygens (including phenoxy) is 1. The molecule has 0 amide bonds. The summed E-state index contributed by atoms with van der Waals surface area (Å²) in [6, 6.07) is 0.513. The molecule has 0 bridgehead atoms. The molecule has 0 N–H and O–H groups in total. The van der Waals surface area contributed by atoms with E-state index in [0.717, 1.165) is 12.3 Å². The van der Waals surface area contributed by atoms with Crippen LogP contribution in [0.5, 0.6) is 0 Å². The van der Waals surface area contributed by atoms with Crippen molar-refractivity contribution in [3.8, 4) is 0 Å². The summed E-state index contributed by atoms with van der Waals surface area (Å²) in [7, 11) is 0. The Balaban J connectivity index is 2.02. The largest absolute Gasteiger partial charge is 0.475 e. The maximum absolute atomic E-state index is 5.66. The van der Waals surface area contributed by atoms with Gasteiger partial charge in [-0.05, 0) is 19.3 Å². The molecule has 2 aliphatic rings. The molecule has 0 aromatic rings. The molecule has 1 heterocycles. The van der Waals surface area contributed by atoms with Gasteiger partial charge in [-0.1, -0.05) is 13.3 Å². The van der Waals surface area contributed by atoms with Crippen molar-refractivity contribution in [1.29, 1.82) is 0 Å². The minimum absolute atomic E-state index is 0.443. The number of hydrogen-bond acceptors (Lipinski definition) is 2. The zero-order valence-electron chi connectivity index (χ0n) is 7.05. The van der Waals surface area contributed by atoms with Crippen LogP contribution in [0.15, 0.2) is 4.99 Å². The summed E-state index contributed by atoms with van der Waals surface area (Å²) in [6.45, 7) is 2.11. The lowest BCUT2D eigenvalue weighted by molar-refractivity contribution is 0.150. The van der Waals surface area contributed by atoms with Crippen LogP contribution in [0.25, 0.3) is 0 Å². The lowest BCUT2D eigenvalue weighted by Gasteiger charge is -2.21. The van der Waals surface area contributed by atoms with Crippen LogP contribution in [0.3, 0.4) is 0 Å². The second kappa shape index (κ2) is 2.84. The van der Waals surface area contributed by atoms with Crippen molar-refractivity contribution >= 4 is 5.90 Å². The lowest BCUT2D eigenvalue weighted by Crippen LogP contribution is -2.25. The van der Waals surface area contributed by atoms with Crippen molar-refractivity contribution in [2.75, 3.05) is 0 Å². The molecule has 2 heteroatoms. The van der Waals surface area contributed by atoms with Gasteiger partial charge in [0.05, 0.1) is 6.04 Å². The summed E-state index contributed by atoms with van der Waals surface area (Å²) in [6.07, 6.45) is 6.54. The van der Waals surface area contributed by atoms with E-state index in [0.29, 0.717) is 12.1 Å². The minimum atomic E-state index is 0.443. The van der Waals surface area contributed by atoms with E-state index in [1.54, 1.807) is 0 Å². The summed E-state index contributed by atoms with van der Waals surface area (Å²) in [5.41, 5.74) is 0. The SMILES string of the molecule is CCC1=N[C@@H]2CCCC[C@@H]2O1. The Morgan fingerprint density at radius 2 is 2.27 bits per heavy atom. The van der Waals surface area contributed by atoms with E-state index in [-0.39, 0.29) is 0 Å². The summed E-state index contributed by atoms with van der Waals surface area (Å²) in [5.74, 6) is 0.988. The molecule has 2 rings (SSSR count). The smallest absolute Gasteiger partial charge is 0.183 e. The molecule has 62 valence electrons. The highest BCUT2D eigenvalue weighted by molar-refractivity contribution is 5.77. The van der Waals surface area contributed by atoms with E-state index >= 15 is 0 Å². The van der Waals surface area contributed by atoms with Gasteiger partial charge in [0.1, 0.15) is 6.10 Å². The molecular formula is C9H15NO. The number of nitrogens with zero attached hydrogens (tertiary/aromatic N) is 1.